The predicted molar refractivity (Wildman–Crippen MR) is 192 cm³/mol. The van der Waals surface area contributed by atoms with Gasteiger partial charge < -0.3 is 0 Å². The van der Waals surface area contributed by atoms with Gasteiger partial charge in [-0.05, 0) is 89.2 Å². The lowest BCUT2D eigenvalue weighted by molar-refractivity contribution is 0.577. The normalized spacial score (nSPS) is 12.5. The summed E-state index contributed by atoms with van der Waals surface area (Å²) < 4.78 is 21.1. The molecule has 0 fully saturated rings. The topological polar surface area (TPSA) is 140 Å². The molecular weight excluding hydrogens is 735 g/mol. The van der Waals surface area contributed by atoms with Crippen LogP contribution in [0, 0.1) is 28.5 Å². The second kappa shape index (κ2) is 14.8. The molecule has 0 N–H and O–H groups in total. The SMILES string of the molecule is CC(C)c1cc(Cl)cc(CC(C)c2c(F)c(Cl)cc(CC(C)c3cc(Cl)ccc3-n3cc(Cl)nn3)c2-n2cc(C#N)nn2)c1-n1cc(C#N)nn1. The summed E-state index contributed by atoms with van der Waals surface area (Å²) in [4.78, 5) is 0. The van der Waals surface area contributed by atoms with Gasteiger partial charge in [0.25, 0.3) is 0 Å². The van der Waals surface area contributed by atoms with Crippen LogP contribution in [-0.4, -0.2) is 45.0 Å². The number of halogens is 5. The summed E-state index contributed by atoms with van der Waals surface area (Å²) in [7, 11) is 0. The molecule has 0 saturated carbocycles. The second-order valence-corrected chi connectivity index (χ2v) is 14.1. The highest BCUT2D eigenvalue weighted by Gasteiger charge is 2.28. The van der Waals surface area contributed by atoms with Crippen molar-refractivity contribution in [3.05, 3.63) is 120 Å². The van der Waals surface area contributed by atoms with E-state index >= 15 is 4.39 Å². The summed E-state index contributed by atoms with van der Waals surface area (Å²) in [6.45, 7) is 7.91. The van der Waals surface area contributed by atoms with E-state index in [2.05, 4.69) is 30.9 Å². The molecule has 258 valence electrons. The van der Waals surface area contributed by atoms with Crippen LogP contribution in [0.2, 0.25) is 20.2 Å². The van der Waals surface area contributed by atoms with Gasteiger partial charge in [0.05, 0.1) is 40.7 Å². The lowest BCUT2D eigenvalue weighted by Gasteiger charge is -2.25. The molecule has 3 aromatic carbocycles. The summed E-state index contributed by atoms with van der Waals surface area (Å²) in [6, 6.07) is 14.7. The second-order valence-electron chi connectivity index (χ2n) is 12.5. The van der Waals surface area contributed by atoms with Crippen molar-refractivity contribution >= 4 is 46.4 Å². The first-order chi connectivity index (χ1) is 24.4. The number of benzene rings is 3. The fourth-order valence-electron chi connectivity index (χ4n) is 6.33. The maximum Gasteiger partial charge on any atom is 0.183 e. The molecule has 16 heteroatoms. The van der Waals surface area contributed by atoms with E-state index < -0.39 is 11.7 Å². The van der Waals surface area contributed by atoms with Gasteiger partial charge in [0.2, 0.25) is 0 Å². The first kappa shape index (κ1) is 36.0. The quantitative estimate of drug-likeness (QED) is 0.135. The summed E-state index contributed by atoms with van der Waals surface area (Å²) in [6.07, 6.45) is 5.22. The first-order valence-electron chi connectivity index (χ1n) is 15.7. The molecule has 0 amide bonds. The van der Waals surface area contributed by atoms with E-state index in [1.807, 2.05) is 58.0 Å². The van der Waals surface area contributed by atoms with Crippen molar-refractivity contribution in [1.29, 1.82) is 10.5 Å². The predicted octanol–water partition coefficient (Wildman–Crippen LogP) is 8.74. The highest BCUT2D eigenvalue weighted by Crippen LogP contribution is 2.40. The van der Waals surface area contributed by atoms with Gasteiger partial charge in [0.1, 0.15) is 18.0 Å². The molecule has 0 aliphatic heterocycles. The Bertz CT molecular complexity index is 2350. The van der Waals surface area contributed by atoms with Gasteiger partial charge >= 0.3 is 0 Å². The van der Waals surface area contributed by atoms with E-state index in [1.54, 1.807) is 40.0 Å². The molecule has 0 bridgehead atoms. The minimum atomic E-state index is -0.634. The Hall–Kier alpha value is -4.85. The number of nitrogens with zero attached hydrogens (tertiary/aromatic N) is 11. The van der Waals surface area contributed by atoms with Crippen LogP contribution >= 0.6 is 46.4 Å². The third-order valence-electron chi connectivity index (χ3n) is 8.56. The standard InChI is InChI=1S/C35H28Cl4FN11/c1-18(2)27-12-24(37)9-21(34(27)50-15-25(13-41)43-46-50)8-20(4)32-33(40)29(38)10-22(35(32)51-16-26(14-42)44-47-51)7-19(3)28-11-23(36)5-6-30(28)49-17-31(39)45-48-49/h5-6,9-12,15-20H,7-8H2,1-4H3. The van der Waals surface area contributed by atoms with Crippen molar-refractivity contribution in [2.45, 2.75) is 58.3 Å². The molecular formula is C35H28Cl4FN11. The summed E-state index contributed by atoms with van der Waals surface area (Å²) >= 11 is 25.9. The molecule has 0 aliphatic carbocycles. The Kier molecular flexibility index (Phi) is 10.4. The van der Waals surface area contributed by atoms with Crippen LogP contribution in [0.15, 0.2) is 55.0 Å². The van der Waals surface area contributed by atoms with Crippen LogP contribution in [0.1, 0.15) is 84.7 Å². The number of rotatable bonds is 10. The van der Waals surface area contributed by atoms with Crippen LogP contribution in [0.3, 0.4) is 0 Å². The van der Waals surface area contributed by atoms with Gasteiger partial charge in [-0.3, -0.25) is 0 Å². The third-order valence-corrected chi connectivity index (χ3v) is 9.46. The number of aromatic nitrogens is 9. The van der Waals surface area contributed by atoms with Gasteiger partial charge in [-0.15, -0.1) is 15.3 Å². The number of nitriles is 2. The van der Waals surface area contributed by atoms with E-state index in [0.717, 1.165) is 16.7 Å². The zero-order valence-electron chi connectivity index (χ0n) is 27.7. The maximum absolute atomic E-state index is 16.5. The zero-order chi connectivity index (χ0) is 36.6. The molecule has 2 atom stereocenters. The molecule has 6 aromatic rings. The summed E-state index contributed by atoms with van der Waals surface area (Å²) in [5.74, 6) is -1.36. The minimum Gasteiger partial charge on any atom is -0.219 e. The van der Waals surface area contributed by atoms with Gasteiger partial charge in [0.15, 0.2) is 16.5 Å². The highest BCUT2D eigenvalue weighted by molar-refractivity contribution is 6.31. The summed E-state index contributed by atoms with van der Waals surface area (Å²) in [5.41, 5.74) is 5.39. The molecule has 51 heavy (non-hydrogen) atoms. The van der Waals surface area contributed by atoms with Crippen molar-refractivity contribution < 1.29 is 4.39 Å². The van der Waals surface area contributed by atoms with E-state index in [9.17, 15) is 10.5 Å². The van der Waals surface area contributed by atoms with Crippen molar-refractivity contribution in [3.63, 3.8) is 0 Å². The fraction of sp³-hybridized carbons (Fsp3) is 0.257. The Morgan fingerprint density at radius 2 is 1.27 bits per heavy atom. The van der Waals surface area contributed by atoms with Crippen LogP contribution in [-0.2, 0) is 12.8 Å². The van der Waals surface area contributed by atoms with E-state index in [4.69, 9.17) is 46.4 Å². The Balaban J connectivity index is 1.50. The Morgan fingerprint density at radius 3 is 1.86 bits per heavy atom. The Morgan fingerprint density at radius 1 is 0.686 bits per heavy atom. The molecule has 3 aromatic heterocycles. The molecule has 2 unspecified atom stereocenters. The molecule has 0 saturated heterocycles. The van der Waals surface area contributed by atoms with Crippen molar-refractivity contribution in [2.24, 2.45) is 0 Å². The third kappa shape index (κ3) is 7.32. The fourth-order valence-corrected chi connectivity index (χ4v) is 7.12. The smallest absolute Gasteiger partial charge is 0.183 e. The monoisotopic (exact) mass is 761 g/mol. The summed E-state index contributed by atoms with van der Waals surface area (Å²) in [5, 5.41) is 44.7. The van der Waals surface area contributed by atoms with Crippen molar-refractivity contribution in [1.82, 2.24) is 45.0 Å². The largest absolute Gasteiger partial charge is 0.219 e. The molecule has 0 radical (unpaired) electrons. The van der Waals surface area contributed by atoms with E-state index in [1.165, 1.54) is 10.9 Å². The van der Waals surface area contributed by atoms with Gasteiger partial charge in [0, 0.05) is 15.6 Å². The van der Waals surface area contributed by atoms with E-state index in [0.29, 0.717) is 39.1 Å². The molecule has 6 rings (SSSR count). The van der Waals surface area contributed by atoms with Crippen molar-refractivity contribution in [3.8, 4) is 29.2 Å². The average Bonchev–Trinajstić information content (AvgIpc) is 3.87. The van der Waals surface area contributed by atoms with Crippen molar-refractivity contribution in [2.75, 3.05) is 0 Å². The molecule has 3 heterocycles. The van der Waals surface area contributed by atoms with Crippen LogP contribution in [0.4, 0.5) is 4.39 Å². The molecule has 0 spiro atoms. The molecule has 0 aliphatic rings. The lowest BCUT2D eigenvalue weighted by Crippen LogP contribution is -2.15. The van der Waals surface area contributed by atoms with Gasteiger partial charge in [-0.25, -0.2) is 18.4 Å². The highest BCUT2D eigenvalue weighted by atomic mass is 35.5. The first-order valence-corrected chi connectivity index (χ1v) is 17.3. The Labute approximate surface area is 312 Å². The zero-order valence-corrected chi connectivity index (χ0v) is 30.7. The average molecular weight is 763 g/mol. The van der Waals surface area contributed by atoms with Crippen LogP contribution < -0.4 is 0 Å². The lowest BCUT2D eigenvalue weighted by atomic mass is 9.85. The minimum absolute atomic E-state index is 0.0264. The van der Waals surface area contributed by atoms with E-state index in [-0.39, 0.29) is 45.4 Å². The van der Waals surface area contributed by atoms with Gasteiger partial charge in [-0.2, -0.15) is 10.5 Å². The number of hydrogen-bond acceptors (Lipinski definition) is 8. The number of hydrogen-bond donors (Lipinski definition) is 0. The van der Waals surface area contributed by atoms with Gasteiger partial charge in [-0.1, -0.05) is 89.7 Å². The van der Waals surface area contributed by atoms with Crippen LogP contribution in [0.5, 0.6) is 0 Å². The molecule has 11 nitrogen and oxygen atoms in total. The maximum atomic E-state index is 16.5. The van der Waals surface area contributed by atoms with Crippen LogP contribution in [0.25, 0.3) is 17.1 Å².